The summed E-state index contributed by atoms with van der Waals surface area (Å²) in [5.41, 5.74) is 2.03. The third kappa shape index (κ3) is 6.28. The summed E-state index contributed by atoms with van der Waals surface area (Å²) in [6, 6.07) is 14.0. The maximum absolute atomic E-state index is 13.1. The lowest BCUT2D eigenvalue weighted by atomic mass is 10.0. The SMILES string of the molecule is COc1ccc2cc1Oc1cccc(c1)CO[C@H]1CN(C3CCN(C(C)=O)CC3)C[C@@H]1NC(=O)CN(C)C2. The number of methoxy groups -OCH3 is 1. The van der Waals surface area contributed by atoms with Crippen LogP contribution in [0.15, 0.2) is 42.5 Å². The minimum Gasteiger partial charge on any atom is -0.493 e. The number of rotatable bonds is 2. The van der Waals surface area contributed by atoms with Crippen molar-refractivity contribution in [3.8, 4) is 17.2 Å². The number of benzene rings is 2. The number of nitrogens with zero attached hydrogens (tertiary/aromatic N) is 3. The van der Waals surface area contributed by atoms with Gasteiger partial charge in [-0.15, -0.1) is 0 Å². The lowest BCUT2D eigenvalue weighted by Gasteiger charge is -2.36. The third-order valence-corrected chi connectivity index (χ3v) is 7.75. The lowest BCUT2D eigenvalue weighted by molar-refractivity contribution is -0.130. The van der Waals surface area contributed by atoms with Crippen molar-refractivity contribution >= 4 is 11.8 Å². The van der Waals surface area contributed by atoms with Crippen LogP contribution in [0.25, 0.3) is 0 Å². The van der Waals surface area contributed by atoms with Gasteiger partial charge >= 0.3 is 0 Å². The summed E-state index contributed by atoms with van der Waals surface area (Å²) in [6.07, 6.45) is 1.76. The van der Waals surface area contributed by atoms with Crippen molar-refractivity contribution in [2.75, 3.05) is 46.9 Å². The van der Waals surface area contributed by atoms with Crippen molar-refractivity contribution in [2.24, 2.45) is 0 Å². The molecule has 4 bridgehead atoms. The van der Waals surface area contributed by atoms with Crippen LogP contribution < -0.4 is 14.8 Å². The molecule has 9 nitrogen and oxygen atoms in total. The summed E-state index contributed by atoms with van der Waals surface area (Å²) in [5, 5.41) is 3.26. The Morgan fingerprint density at radius 3 is 2.63 bits per heavy atom. The number of piperidine rings is 1. The van der Waals surface area contributed by atoms with Gasteiger partial charge in [-0.3, -0.25) is 19.4 Å². The van der Waals surface area contributed by atoms with E-state index in [1.165, 1.54) is 0 Å². The monoisotopic (exact) mass is 522 g/mol. The first kappa shape index (κ1) is 26.5. The molecule has 38 heavy (non-hydrogen) atoms. The molecule has 0 aliphatic carbocycles. The second-order valence-corrected chi connectivity index (χ2v) is 10.6. The van der Waals surface area contributed by atoms with Gasteiger partial charge in [0.15, 0.2) is 11.5 Å². The quantitative estimate of drug-likeness (QED) is 0.649. The summed E-state index contributed by atoms with van der Waals surface area (Å²) >= 11 is 0. The number of hydrogen-bond donors (Lipinski definition) is 1. The van der Waals surface area contributed by atoms with Crippen molar-refractivity contribution in [1.29, 1.82) is 0 Å². The smallest absolute Gasteiger partial charge is 0.234 e. The average molecular weight is 523 g/mol. The maximum atomic E-state index is 13.1. The van der Waals surface area contributed by atoms with Gasteiger partial charge in [0.25, 0.3) is 0 Å². The number of ether oxygens (including phenoxy) is 3. The van der Waals surface area contributed by atoms with Crippen molar-refractivity contribution in [2.45, 2.75) is 51.1 Å². The zero-order valence-electron chi connectivity index (χ0n) is 22.5. The van der Waals surface area contributed by atoms with E-state index in [0.717, 1.165) is 55.9 Å². The molecule has 0 spiro atoms. The Kier molecular flexibility index (Phi) is 8.16. The highest BCUT2D eigenvalue weighted by Crippen LogP contribution is 2.33. The number of hydrogen-bond acceptors (Lipinski definition) is 7. The highest BCUT2D eigenvalue weighted by atomic mass is 16.5. The zero-order valence-corrected chi connectivity index (χ0v) is 22.5. The molecule has 204 valence electrons. The highest BCUT2D eigenvalue weighted by molar-refractivity contribution is 5.78. The summed E-state index contributed by atoms with van der Waals surface area (Å²) in [6.45, 7) is 5.99. The van der Waals surface area contributed by atoms with E-state index in [9.17, 15) is 9.59 Å². The Bertz CT molecular complexity index is 1150. The molecule has 2 fully saturated rings. The fraction of sp³-hybridized carbons (Fsp3) is 0.517. The van der Waals surface area contributed by atoms with Crippen molar-refractivity contribution in [3.05, 3.63) is 53.6 Å². The topological polar surface area (TPSA) is 83.6 Å². The Morgan fingerprint density at radius 1 is 1.05 bits per heavy atom. The van der Waals surface area contributed by atoms with Gasteiger partial charge in [-0.1, -0.05) is 18.2 Å². The van der Waals surface area contributed by atoms with Crippen LogP contribution in [0.1, 0.15) is 30.9 Å². The molecule has 0 unspecified atom stereocenters. The van der Waals surface area contributed by atoms with Crippen LogP contribution in [0.5, 0.6) is 17.2 Å². The largest absolute Gasteiger partial charge is 0.493 e. The van der Waals surface area contributed by atoms with E-state index in [-0.39, 0.29) is 30.5 Å². The first-order valence-corrected chi connectivity index (χ1v) is 13.4. The minimum absolute atomic E-state index is 0.0153. The van der Waals surface area contributed by atoms with Crippen LogP contribution in [0.3, 0.4) is 0 Å². The third-order valence-electron chi connectivity index (χ3n) is 7.75. The molecule has 3 aliphatic heterocycles. The standard InChI is InChI=1S/C29H38N4O5/c1-20(34)32-11-9-23(10-12-32)33-16-25-28(17-33)37-19-22-5-4-6-24(13-22)38-27-14-21(7-8-26(27)36-3)15-31(2)18-29(35)30-25/h4-8,13-14,23,25,28H,9-12,15-19H2,1-3H3,(H,30,35)/t25-,28-/m0/s1. The van der Waals surface area contributed by atoms with Crippen molar-refractivity contribution in [3.63, 3.8) is 0 Å². The Hall–Kier alpha value is -3.14. The summed E-state index contributed by atoms with van der Waals surface area (Å²) in [5.74, 6) is 2.13. The minimum atomic E-state index is -0.125. The van der Waals surface area contributed by atoms with Gasteiger partial charge in [-0.25, -0.2) is 0 Å². The van der Waals surface area contributed by atoms with E-state index in [4.69, 9.17) is 14.2 Å². The van der Waals surface area contributed by atoms with E-state index in [1.807, 2.05) is 59.3 Å². The molecule has 0 aromatic heterocycles. The van der Waals surface area contributed by atoms with Crippen LogP contribution in [0.2, 0.25) is 0 Å². The lowest BCUT2D eigenvalue weighted by Crippen LogP contribution is -2.48. The first-order chi connectivity index (χ1) is 18.4. The Labute approximate surface area is 224 Å². The van der Waals surface area contributed by atoms with Crippen LogP contribution in [-0.2, 0) is 27.5 Å². The predicted molar refractivity (Wildman–Crippen MR) is 143 cm³/mol. The summed E-state index contributed by atoms with van der Waals surface area (Å²) in [4.78, 5) is 31.2. The molecule has 1 N–H and O–H groups in total. The molecule has 2 aromatic carbocycles. The van der Waals surface area contributed by atoms with E-state index in [1.54, 1.807) is 14.0 Å². The number of nitrogens with one attached hydrogen (secondary N) is 1. The molecular formula is C29H38N4O5. The van der Waals surface area contributed by atoms with Crippen LogP contribution in [0.4, 0.5) is 0 Å². The molecule has 3 heterocycles. The van der Waals surface area contributed by atoms with E-state index in [2.05, 4.69) is 10.2 Å². The molecule has 2 atom stereocenters. The molecule has 2 amide bonds. The Morgan fingerprint density at radius 2 is 1.87 bits per heavy atom. The number of fused-ring (bicyclic) bond motifs is 5. The first-order valence-electron chi connectivity index (χ1n) is 13.4. The fourth-order valence-corrected chi connectivity index (χ4v) is 5.75. The molecule has 2 aromatic rings. The van der Waals surface area contributed by atoms with Crippen LogP contribution in [-0.4, -0.2) is 91.6 Å². The van der Waals surface area contributed by atoms with Crippen LogP contribution >= 0.6 is 0 Å². The van der Waals surface area contributed by atoms with Gasteiger partial charge < -0.3 is 24.4 Å². The van der Waals surface area contributed by atoms with Crippen molar-refractivity contribution < 1.29 is 23.8 Å². The highest BCUT2D eigenvalue weighted by Gasteiger charge is 2.39. The van der Waals surface area contributed by atoms with Gasteiger partial charge in [-0.05, 0) is 55.3 Å². The average Bonchev–Trinajstić information content (AvgIpc) is 3.29. The van der Waals surface area contributed by atoms with E-state index in [0.29, 0.717) is 30.7 Å². The normalized spacial score (nSPS) is 23.9. The molecular weight excluding hydrogens is 484 g/mol. The summed E-state index contributed by atoms with van der Waals surface area (Å²) in [7, 11) is 3.57. The van der Waals surface area contributed by atoms with E-state index >= 15 is 0 Å². The second kappa shape index (κ2) is 11.7. The van der Waals surface area contributed by atoms with Gasteiger partial charge in [0.1, 0.15) is 5.75 Å². The molecule has 9 heteroatoms. The summed E-state index contributed by atoms with van der Waals surface area (Å²) < 4.78 is 18.2. The maximum Gasteiger partial charge on any atom is 0.234 e. The van der Waals surface area contributed by atoms with Crippen LogP contribution in [0, 0.1) is 0 Å². The Balaban J connectivity index is 1.35. The second-order valence-electron chi connectivity index (χ2n) is 10.6. The fourth-order valence-electron chi connectivity index (χ4n) is 5.75. The number of carbonyl (C=O) groups is 2. The van der Waals surface area contributed by atoms with Gasteiger partial charge in [0.05, 0.1) is 32.4 Å². The molecule has 2 saturated heterocycles. The molecule has 5 rings (SSSR count). The number of amides is 2. The molecule has 0 radical (unpaired) electrons. The predicted octanol–water partition coefficient (Wildman–Crippen LogP) is 2.63. The van der Waals surface area contributed by atoms with Crippen molar-refractivity contribution in [1.82, 2.24) is 20.0 Å². The number of likely N-dealkylation sites (N-methyl/N-ethyl adjacent to an activating group) is 1. The number of likely N-dealkylation sites (tertiary alicyclic amines) is 2. The van der Waals surface area contributed by atoms with Gasteiger partial charge in [0, 0.05) is 45.7 Å². The van der Waals surface area contributed by atoms with Gasteiger partial charge in [0.2, 0.25) is 11.8 Å². The van der Waals surface area contributed by atoms with E-state index < -0.39 is 0 Å². The van der Waals surface area contributed by atoms with Gasteiger partial charge in [-0.2, -0.15) is 0 Å². The molecule has 3 aliphatic rings. The molecule has 0 saturated carbocycles. The zero-order chi connectivity index (χ0) is 26.6. The number of carbonyl (C=O) groups excluding carboxylic acids is 2.